The summed E-state index contributed by atoms with van der Waals surface area (Å²) < 4.78 is 44.6. The third kappa shape index (κ3) is 3.57. The molecule has 144 valence electrons. The van der Waals surface area contributed by atoms with Gasteiger partial charge < -0.3 is 4.74 Å². The molecule has 2 aromatic heterocycles. The predicted molar refractivity (Wildman–Crippen MR) is 99.2 cm³/mol. The van der Waals surface area contributed by atoms with Gasteiger partial charge in [-0.3, -0.25) is 9.97 Å². The van der Waals surface area contributed by atoms with Crippen molar-refractivity contribution in [2.75, 3.05) is 6.26 Å². The van der Waals surface area contributed by atoms with Gasteiger partial charge in [0.05, 0.1) is 11.9 Å². The molecular weight excluding hydrogens is 383 g/mol. The Bertz CT molecular complexity index is 1120. The van der Waals surface area contributed by atoms with Crippen molar-refractivity contribution in [3.05, 3.63) is 54.4 Å². The van der Waals surface area contributed by atoms with Crippen molar-refractivity contribution in [2.24, 2.45) is 0 Å². The summed E-state index contributed by atoms with van der Waals surface area (Å²) in [7, 11) is -3.54. The van der Waals surface area contributed by atoms with E-state index in [0.717, 1.165) is 25.5 Å². The van der Waals surface area contributed by atoms with Crippen LogP contribution in [0.5, 0.6) is 11.8 Å². The number of benzene rings is 1. The third-order valence-corrected chi connectivity index (χ3v) is 5.68. The molecule has 9 heteroatoms. The van der Waals surface area contributed by atoms with Gasteiger partial charge >= 0.3 is 6.01 Å². The second kappa shape index (κ2) is 7.23. The van der Waals surface area contributed by atoms with Gasteiger partial charge in [-0.25, -0.2) is 17.8 Å². The van der Waals surface area contributed by atoms with Crippen LogP contribution in [0.15, 0.2) is 48.0 Å². The zero-order valence-electron chi connectivity index (χ0n) is 15.0. The molecule has 0 atom stereocenters. The molecule has 0 aliphatic heterocycles. The Morgan fingerprint density at radius 1 is 1.11 bits per heavy atom. The first-order chi connectivity index (χ1) is 13.4. The van der Waals surface area contributed by atoms with Crippen molar-refractivity contribution in [1.82, 2.24) is 19.9 Å². The Kier molecular flexibility index (Phi) is 4.76. The van der Waals surface area contributed by atoms with Crippen LogP contribution in [0.25, 0.3) is 11.3 Å². The number of ether oxygens (including phenoxy) is 1. The van der Waals surface area contributed by atoms with Crippen molar-refractivity contribution in [3.8, 4) is 23.0 Å². The Morgan fingerprint density at radius 2 is 1.93 bits per heavy atom. The minimum absolute atomic E-state index is 0.00139. The highest BCUT2D eigenvalue weighted by atomic mass is 32.2. The van der Waals surface area contributed by atoms with Gasteiger partial charge in [0.25, 0.3) is 0 Å². The van der Waals surface area contributed by atoms with Crippen LogP contribution < -0.4 is 4.74 Å². The van der Waals surface area contributed by atoms with Gasteiger partial charge in [-0.15, -0.1) is 0 Å². The number of aromatic nitrogens is 4. The smallest absolute Gasteiger partial charge is 0.323 e. The largest absolute Gasteiger partial charge is 0.421 e. The van der Waals surface area contributed by atoms with Crippen molar-refractivity contribution < 1.29 is 17.5 Å². The fourth-order valence-corrected chi connectivity index (χ4v) is 3.58. The lowest BCUT2D eigenvalue weighted by Crippen LogP contribution is -2.12. The summed E-state index contributed by atoms with van der Waals surface area (Å²) >= 11 is 0. The topological polar surface area (TPSA) is 94.9 Å². The molecule has 0 N–H and O–H groups in total. The average molecular weight is 400 g/mol. The van der Waals surface area contributed by atoms with Crippen LogP contribution in [0.3, 0.4) is 0 Å². The van der Waals surface area contributed by atoms with Crippen LogP contribution in [0, 0.1) is 5.82 Å². The number of hydrogen-bond acceptors (Lipinski definition) is 7. The summed E-state index contributed by atoms with van der Waals surface area (Å²) in [5.41, 5.74) is 1.33. The monoisotopic (exact) mass is 400 g/mol. The molecule has 7 nitrogen and oxygen atoms in total. The summed E-state index contributed by atoms with van der Waals surface area (Å²) in [5, 5.41) is -0.187. The van der Waals surface area contributed by atoms with E-state index < -0.39 is 15.7 Å². The second-order valence-electron chi connectivity index (χ2n) is 6.62. The highest BCUT2D eigenvalue weighted by Crippen LogP contribution is 2.44. The molecule has 1 aliphatic rings. The van der Waals surface area contributed by atoms with Gasteiger partial charge in [0.15, 0.2) is 26.4 Å². The van der Waals surface area contributed by atoms with Crippen LogP contribution in [-0.2, 0) is 9.84 Å². The Balaban J connectivity index is 1.80. The zero-order valence-corrected chi connectivity index (χ0v) is 15.9. The number of sulfone groups is 1. The molecule has 1 aromatic carbocycles. The van der Waals surface area contributed by atoms with Crippen LogP contribution in [0.4, 0.5) is 4.39 Å². The van der Waals surface area contributed by atoms with Gasteiger partial charge in [0.1, 0.15) is 0 Å². The van der Waals surface area contributed by atoms with Gasteiger partial charge in [0, 0.05) is 36.0 Å². The van der Waals surface area contributed by atoms with Gasteiger partial charge in [0.2, 0.25) is 0 Å². The minimum atomic E-state index is -3.54. The van der Waals surface area contributed by atoms with E-state index in [-0.39, 0.29) is 28.3 Å². The summed E-state index contributed by atoms with van der Waals surface area (Å²) in [4.78, 5) is 16.0. The maximum Gasteiger partial charge on any atom is 0.323 e. The fraction of sp³-hybridized carbons (Fsp3) is 0.263. The molecule has 3 aromatic rings. The zero-order chi connectivity index (χ0) is 19.7. The molecule has 0 saturated heterocycles. The van der Waals surface area contributed by atoms with E-state index in [1.165, 1.54) is 30.9 Å². The maximum atomic E-state index is 15.4. The Hall–Kier alpha value is -2.94. The molecule has 28 heavy (non-hydrogen) atoms. The van der Waals surface area contributed by atoms with E-state index in [1.54, 1.807) is 6.07 Å². The quantitative estimate of drug-likeness (QED) is 0.605. The van der Waals surface area contributed by atoms with E-state index in [4.69, 9.17) is 4.74 Å². The average Bonchev–Trinajstić information content (AvgIpc) is 2.63. The normalized spacial score (nSPS) is 14.5. The molecule has 1 fully saturated rings. The Morgan fingerprint density at radius 3 is 2.57 bits per heavy atom. The Labute approximate surface area is 161 Å². The second-order valence-corrected chi connectivity index (χ2v) is 8.58. The van der Waals surface area contributed by atoms with Crippen LogP contribution >= 0.6 is 0 Å². The molecule has 2 heterocycles. The van der Waals surface area contributed by atoms with Gasteiger partial charge in [-0.1, -0.05) is 12.5 Å². The SMILES string of the molecule is CS(=O)(=O)c1ccnc(Oc2c(C3CCC3)ccc(-c3cnccn3)c2F)n1. The van der Waals surface area contributed by atoms with Crippen molar-refractivity contribution >= 4 is 9.84 Å². The van der Waals surface area contributed by atoms with Crippen molar-refractivity contribution in [3.63, 3.8) is 0 Å². The highest BCUT2D eigenvalue weighted by Gasteiger charge is 2.28. The van der Waals surface area contributed by atoms with Crippen LogP contribution in [0.1, 0.15) is 30.7 Å². The van der Waals surface area contributed by atoms with Crippen LogP contribution in [-0.4, -0.2) is 34.6 Å². The van der Waals surface area contributed by atoms with Crippen molar-refractivity contribution in [1.29, 1.82) is 0 Å². The number of halogens is 1. The molecular formula is C19H17FN4O3S. The van der Waals surface area contributed by atoms with Gasteiger partial charge in [-0.05, 0) is 30.9 Å². The fourth-order valence-electron chi connectivity index (χ4n) is 3.02. The summed E-state index contributed by atoms with van der Waals surface area (Å²) in [6, 6.07) is 4.51. The first kappa shape index (κ1) is 18.4. The first-order valence-corrected chi connectivity index (χ1v) is 10.6. The molecule has 0 amide bonds. The first-order valence-electron chi connectivity index (χ1n) is 8.73. The molecule has 1 aliphatic carbocycles. The summed E-state index contributed by atoms with van der Waals surface area (Å²) in [6.45, 7) is 0. The lowest BCUT2D eigenvalue weighted by atomic mass is 9.79. The number of nitrogens with zero attached hydrogens (tertiary/aromatic N) is 4. The minimum Gasteiger partial charge on any atom is -0.421 e. The lowest BCUT2D eigenvalue weighted by Gasteiger charge is -2.28. The summed E-state index contributed by atoms with van der Waals surface area (Å²) in [5.74, 6) is -0.421. The molecule has 4 rings (SSSR count). The lowest BCUT2D eigenvalue weighted by molar-refractivity contribution is 0.369. The molecule has 0 spiro atoms. The molecule has 0 bridgehead atoms. The van der Waals surface area contributed by atoms with Crippen LogP contribution in [0.2, 0.25) is 0 Å². The van der Waals surface area contributed by atoms with E-state index >= 15 is 4.39 Å². The van der Waals surface area contributed by atoms with E-state index in [9.17, 15) is 8.42 Å². The molecule has 0 unspecified atom stereocenters. The maximum absolute atomic E-state index is 15.4. The van der Waals surface area contributed by atoms with Crippen molar-refractivity contribution in [2.45, 2.75) is 30.2 Å². The molecule has 1 saturated carbocycles. The third-order valence-electron chi connectivity index (χ3n) is 4.69. The standard InChI is InChI=1S/C19H17FN4O3S/c1-28(25,26)16-7-8-23-19(24-16)27-18-13(12-3-2-4-12)5-6-14(17(18)20)15-11-21-9-10-22-15/h5-12H,2-4H2,1H3. The summed E-state index contributed by atoms with van der Waals surface area (Å²) in [6.07, 6.45) is 9.69. The highest BCUT2D eigenvalue weighted by molar-refractivity contribution is 7.90. The number of hydrogen-bond donors (Lipinski definition) is 0. The van der Waals surface area contributed by atoms with Gasteiger partial charge in [-0.2, -0.15) is 4.98 Å². The van der Waals surface area contributed by atoms with E-state index in [2.05, 4.69) is 19.9 Å². The van der Waals surface area contributed by atoms with E-state index in [0.29, 0.717) is 11.3 Å². The molecule has 0 radical (unpaired) electrons. The number of rotatable bonds is 5. The predicted octanol–water partition coefficient (Wildman–Crippen LogP) is 3.54. The van der Waals surface area contributed by atoms with E-state index in [1.807, 2.05) is 6.07 Å².